The third-order valence-corrected chi connectivity index (χ3v) is 3.80. The van der Waals surface area contributed by atoms with Crippen LogP contribution in [0.15, 0.2) is 0 Å². The largest absolute Gasteiger partial charge is 0.359 e. The lowest BCUT2D eigenvalue weighted by Gasteiger charge is -2.37. The van der Waals surface area contributed by atoms with Gasteiger partial charge in [0.05, 0.1) is 0 Å². The minimum absolute atomic E-state index is 0.143. The number of fused-ring (bicyclic) bond motifs is 2. The van der Waals surface area contributed by atoms with Gasteiger partial charge in [0, 0.05) is 38.1 Å². The number of nitrogens with zero attached hydrogens (tertiary/aromatic N) is 1. The van der Waals surface area contributed by atoms with E-state index in [4.69, 9.17) is 5.73 Å². The molecule has 1 amide bonds. The maximum Gasteiger partial charge on any atom is 0.221 e. The van der Waals surface area contributed by atoms with E-state index in [1.54, 1.807) is 7.05 Å². The van der Waals surface area contributed by atoms with Crippen LogP contribution in [0.5, 0.6) is 0 Å². The zero-order valence-corrected chi connectivity index (χ0v) is 9.41. The Morgan fingerprint density at radius 2 is 2.00 bits per heavy atom. The summed E-state index contributed by atoms with van der Waals surface area (Å²) in [6.45, 7) is 0.904. The summed E-state index contributed by atoms with van der Waals surface area (Å²) in [7, 11) is 1.70. The summed E-state index contributed by atoms with van der Waals surface area (Å²) >= 11 is 0. The van der Waals surface area contributed by atoms with Gasteiger partial charge in [-0.2, -0.15) is 0 Å². The van der Waals surface area contributed by atoms with Crippen LogP contribution in [0, 0.1) is 0 Å². The van der Waals surface area contributed by atoms with Gasteiger partial charge in [0.25, 0.3) is 0 Å². The van der Waals surface area contributed by atoms with Crippen molar-refractivity contribution in [2.45, 2.75) is 50.2 Å². The Morgan fingerprint density at radius 3 is 2.53 bits per heavy atom. The molecule has 2 unspecified atom stereocenters. The van der Waals surface area contributed by atoms with Gasteiger partial charge in [-0.3, -0.25) is 9.69 Å². The van der Waals surface area contributed by atoms with E-state index < -0.39 is 0 Å². The lowest BCUT2D eigenvalue weighted by molar-refractivity contribution is -0.121. The number of nitrogens with two attached hydrogens (primary N) is 1. The van der Waals surface area contributed by atoms with Crippen LogP contribution in [-0.4, -0.2) is 42.5 Å². The molecular weight excluding hydrogens is 190 g/mol. The van der Waals surface area contributed by atoms with E-state index in [0.29, 0.717) is 24.5 Å². The van der Waals surface area contributed by atoms with Gasteiger partial charge in [0.15, 0.2) is 0 Å². The predicted octanol–water partition coefficient (Wildman–Crippen LogP) is 0.0766. The van der Waals surface area contributed by atoms with Crippen LogP contribution in [-0.2, 0) is 4.79 Å². The first kappa shape index (κ1) is 10.9. The van der Waals surface area contributed by atoms with Crippen molar-refractivity contribution in [2.75, 3.05) is 13.6 Å². The monoisotopic (exact) mass is 211 g/mol. The molecule has 0 spiro atoms. The Kier molecular flexibility index (Phi) is 3.26. The number of rotatable bonds is 3. The van der Waals surface area contributed by atoms with Crippen molar-refractivity contribution in [3.05, 3.63) is 0 Å². The van der Waals surface area contributed by atoms with Crippen LogP contribution in [0.25, 0.3) is 0 Å². The molecule has 2 aliphatic heterocycles. The summed E-state index contributed by atoms with van der Waals surface area (Å²) in [5.74, 6) is 0.143. The highest BCUT2D eigenvalue weighted by Crippen LogP contribution is 2.34. The SMILES string of the molecule is CNC(=O)CCN1C2CCC1CC(N)C2. The molecule has 2 heterocycles. The van der Waals surface area contributed by atoms with Crippen LogP contribution >= 0.6 is 0 Å². The van der Waals surface area contributed by atoms with Crippen LogP contribution < -0.4 is 11.1 Å². The molecular formula is C11H21N3O. The molecule has 2 rings (SSSR count). The standard InChI is InChI=1S/C11H21N3O/c1-13-11(15)4-5-14-9-2-3-10(14)7-8(12)6-9/h8-10H,2-7,12H2,1H3,(H,13,15). The average molecular weight is 211 g/mol. The molecule has 0 aliphatic carbocycles. The van der Waals surface area contributed by atoms with Crippen molar-refractivity contribution in [2.24, 2.45) is 5.73 Å². The summed E-state index contributed by atoms with van der Waals surface area (Å²) in [6, 6.07) is 1.67. The van der Waals surface area contributed by atoms with Crippen LogP contribution in [0.4, 0.5) is 0 Å². The number of nitrogens with one attached hydrogen (secondary N) is 1. The molecule has 4 nitrogen and oxygen atoms in total. The van der Waals surface area contributed by atoms with Gasteiger partial charge in [-0.1, -0.05) is 0 Å². The normalized spacial score (nSPS) is 35.5. The van der Waals surface area contributed by atoms with Gasteiger partial charge in [-0.25, -0.2) is 0 Å². The summed E-state index contributed by atoms with van der Waals surface area (Å²) < 4.78 is 0. The first-order valence-corrected chi connectivity index (χ1v) is 5.92. The van der Waals surface area contributed by atoms with Gasteiger partial charge >= 0.3 is 0 Å². The lowest BCUT2D eigenvalue weighted by atomic mass is 9.98. The van der Waals surface area contributed by atoms with Crippen molar-refractivity contribution in [1.29, 1.82) is 0 Å². The molecule has 2 atom stereocenters. The number of piperidine rings is 1. The zero-order valence-electron chi connectivity index (χ0n) is 9.41. The van der Waals surface area contributed by atoms with Crippen molar-refractivity contribution < 1.29 is 4.79 Å². The Morgan fingerprint density at radius 1 is 1.40 bits per heavy atom. The molecule has 0 aromatic carbocycles. The van der Waals surface area contributed by atoms with Crippen molar-refractivity contribution in [1.82, 2.24) is 10.2 Å². The van der Waals surface area contributed by atoms with Crippen LogP contribution in [0.3, 0.4) is 0 Å². The maximum atomic E-state index is 11.2. The van der Waals surface area contributed by atoms with E-state index in [1.807, 2.05) is 0 Å². The molecule has 2 fully saturated rings. The maximum absolute atomic E-state index is 11.2. The second-order valence-corrected chi connectivity index (χ2v) is 4.78. The summed E-state index contributed by atoms with van der Waals surface area (Å²) in [5.41, 5.74) is 5.99. The smallest absolute Gasteiger partial charge is 0.221 e. The summed E-state index contributed by atoms with van der Waals surface area (Å²) in [4.78, 5) is 13.7. The Balaban J connectivity index is 1.86. The molecule has 2 aliphatic rings. The topological polar surface area (TPSA) is 58.4 Å². The number of hydrogen-bond acceptors (Lipinski definition) is 3. The van der Waals surface area contributed by atoms with E-state index in [2.05, 4.69) is 10.2 Å². The van der Waals surface area contributed by atoms with Crippen molar-refractivity contribution in [3.8, 4) is 0 Å². The first-order chi connectivity index (χ1) is 7.20. The Bertz CT molecular complexity index is 230. The van der Waals surface area contributed by atoms with Crippen LogP contribution in [0.1, 0.15) is 32.1 Å². The molecule has 4 heteroatoms. The molecule has 3 N–H and O–H groups in total. The van der Waals surface area contributed by atoms with E-state index in [9.17, 15) is 4.79 Å². The van der Waals surface area contributed by atoms with Crippen molar-refractivity contribution in [3.63, 3.8) is 0 Å². The summed E-state index contributed by atoms with van der Waals surface area (Å²) in [6.07, 6.45) is 5.39. The van der Waals surface area contributed by atoms with Gasteiger partial charge in [0.1, 0.15) is 0 Å². The fourth-order valence-electron chi connectivity index (χ4n) is 3.04. The molecule has 15 heavy (non-hydrogen) atoms. The van der Waals surface area contributed by atoms with E-state index in [1.165, 1.54) is 12.8 Å². The fraction of sp³-hybridized carbons (Fsp3) is 0.909. The highest BCUT2D eigenvalue weighted by Gasteiger charge is 2.39. The highest BCUT2D eigenvalue weighted by molar-refractivity contribution is 5.75. The molecule has 86 valence electrons. The van der Waals surface area contributed by atoms with Gasteiger partial charge in [-0.15, -0.1) is 0 Å². The first-order valence-electron chi connectivity index (χ1n) is 5.92. The fourth-order valence-corrected chi connectivity index (χ4v) is 3.04. The van der Waals surface area contributed by atoms with Crippen LogP contribution in [0.2, 0.25) is 0 Å². The number of hydrogen-bond donors (Lipinski definition) is 2. The molecule has 0 aromatic heterocycles. The Labute approximate surface area is 91.2 Å². The quantitative estimate of drug-likeness (QED) is 0.695. The lowest BCUT2D eigenvalue weighted by Crippen LogP contribution is -2.48. The minimum atomic E-state index is 0.143. The third kappa shape index (κ3) is 2.32. The van der Waals surface area contributed by atoms with Gasteiger partial charge in [-0.05, 0) is 25.7 Å². The minimum Gasteiger partial charge on any atom is -0.359 e. The molecule has 0 aromatic rings. The number of carbonyl (C=O) groups is 1. The number of amides is 1. The average Bonchev–Trinajstić information content (AvgIpc) is 2.46. The molecule has 0 radical (unpaired) electrons. The second-order valence-electron chi connectivity index (χ2n) is 4.78. The van der Waals surface area contributed by atoms with E-state index in [-0.39, 0.29) is 5.91 Å². The van der Waals surface area contributed by atoms with E-state index >= 15 is 0 Å². The van der Waals surface area contributed by atoms with Crippen molar-refractivity contribution >= 4 is 5.91 Å². The number of carbonyl (C=O) groups excluding carboxylic acids is 1. The second kappa shape index (κ2) is 4.49. The molecule has 2 bridgehead atoms. The third-order valence-electron chi connectivity index (χ3n) is 3.80. The Hall–Kier alpha value is -0.610. The molecule has 0 saturated carbocycles. The van der Waals surface area contributed by atoms with Gasteiger partial charge in [0.2, 0.25) is 5.91 Å². The molecule has 2 saturated heterocycles. The summed E-state index contributed by atoms with van der Waals surface area (Å²) in [5, 5.41) is 2.67. The van der Waals surface area contributed by atoms with Gasteiger partial charge < -0.3 is 11.1 Å². The van der Waals surface area contributed by atoms with E-state index in [0.717, 1.165) is 19.4 Å². The predicted molar refractivity (Wildman–Crippen MR) is 59.4 cm³/mol. The zero-order chi connectivity index (χ0) is 10.8. The highest BCUT2D eigenvalue weighted by atomic mass is 16.1.